The molecule has 0 aromatic carbocycles. The van der Waals surface area contributed by atoms with Gasteiger partial charge in [0.1, 0.15) is 0 Å². The van der Waals surface area contributed by atoms with Crippen molar-refractivity contribution in [2.45, 2.75) is 96.9 Å². The van der Waals surface area contributed by atoms with Gasteiger partial charge in [0.15, 0.2) is 5.79 Å². The van der Waals surface area contributed by atoms with Gasteiger partial charge in [-0.15, -0.1) is 0 Å². The van der Waals surface area contributed by atoms with E-state index >= 15 is 0 Å². The number of hydrogen-bond acceptors (Lipinski definition) is 3. The van der Waals surface area contributed by atoms with Gasteiger partial charge in [0.25, 0.3) is 0 Å². The Morgan fingerprint density at radius 3 is 1.95 bits per heavy atom. The molecule has 0 N–H and O–H groups in total. The van der Waals surface area contributed by atoms with Crippen LogP contribution in [-0.2, 0) is 14.2 Å². The molecule has 1 aliphatic rings. The van der Waals surface area contributed by atoms with E-state index in [0.717, 1.165) is 39.1 Å². The zero-order valence-electron chi connectivity index (χ0n) is 14.5. The average molecular weight is 300 g/mol. The van der Waals surface area contributed by atoms with Crippen LogP contribution in [0.15, 0.2) is 0 Å². The summed E-state index contributed by atoms with van der Waals surface area (Å²) >= 11 is 0. The average Bonchev–Trinajstić information content (AvgIpc) is 3.29. The Morgan fingerprint density at radius 1 is 0.857 bits per heavy atom. The molecule has 21 heavy (non-hydrogen) atoms. The summed E-state index contributed by atoms with van der Waals surface area (Å²) in [6.07, 6.45) is 12.8. The van der Waals surface area contributed by atoms with Crippen LogP contribution >= 0.6 is 0 Å². The Balaban J connectivity index is 2.24. The first-order chi connectivity index (χ1) is 10.3. The normalized spacial score (nSPS) is 18.1. The maximum atomic E-state index is 6.02. The maximum absolute atomic E-state index is 6.02. The van der Waals surface area contributed by atoms with E-state index < -0.39 is 0 Å². The number of hydrogen-bond donors (Lipinski definition) is 0. The van der Waals surface area contributed by atoms with Crippen LogP contribution in [0.25, 0.3) is 0 Å². The molecule has 1 rings (SSSR count). The van der Waals surface area contributed by atoms with Crippen molar-refractivity contribution in [3.05, 3.63) is 0 Å². The van der Waals surface area contributed by atoms with Crippen LogP contribution in [0.1, 0.15) is 85.0 Å². The molecule has 1 fully saturated rings. The molecule has 0 aromatic rings. The lowest BCUT2D eigenvalue weighted by molar-refractivity contribution is -0.242. The molecular formula is C18H36O3. The molecule has 0 spiro atoms. The quantitative estimate of drug-likeness (QED) is 0.240. The monoisotopic (exact) mass is 300 g/mol. The summed E-state index contributed by atoms with van der Waals surface area (Å²) in [5, 5.41) is 0. The number of rotatable bonds is 15. The summed E-state index contributed by atoms with van der Waals surface area (Å²) in [5.74, 6) is -0.362. The van der Waals surface area contributed by atoms with E-state index in [1.54, 1.807) is 0 Å². The minimum Gasteiger partial charge on any atom is -0.373 e. The van der Waals surface area contributed by atoms with E-state index in [9.17, 15) is 0 Å². The van der Waals surface area contributed by atoms with Crippen LogP contribution in [0.3, 0.4) is 0 Å². The SMILES string of the molecule is CCCCCCCCCC(CCC1CO1)(OCC)OCC. The molecule has 3 nitrogen and oxygen atoms in total. The Morgan fingerprint density at radius 2 is 1.43 bits per heavy atom. The molecule has 3 heteroatoms. The van der Waals surface area contributed by atoms with E-state index in [2.05, 4.69) is 20.8 Å². The van der Waals surface area contributed by atoms with Gasteiger partial charge in [-0.25, -0.2) is 0 Å². The third-order valence-corrected chi connectivity index (χ3v) is 4.23. The first-order valence-electron chi connectivity index (χ1n) is 9.15. The molecule has 0 aliphatic carbocycles. The fraction of sp³-hybridized carbons (Fsp3) is 1.00. The van der Waals surface area contributed by atoms with E-state index in [1.807, 2.05) is 0 Å². The third-order valence-electron chi connectivity index (χ3n) is 4.23. The molecule has 0 amide bonds. The number of epoxide rings is 1. The summed E-state index contributed by atoms with van der Waals surface area (Å²) in [5.41, 5.74) is 0. The number of unbranched alkanes of at least 4 members (excludes halogenated alkanes) is 6. The maximum Gasteiger partial charge on any atom is 0.168 e. The molecule has 1 saturated heterocycles. The van der Waals surface area contributed by atoms with Crippen molar-refractivity contribution < 1.29 is 14.2 Å². The van der Waals surface area contributed by atoms with Crippen molar-refractivity contribution in [1.82, 2.24) is 0 Å². The fourth-order valence-corrected chi connectivity index (χ4v) is 2.95. The van der Waals surface area contributed by atoms with Gasteiger partial charge in [-0.05, 0) is 26.7 Å². The minimum absolute atomic E-state index is 0.362. The van der Waals surface area contributed by atoms with Crippen LogP contribution in [0, 0.1) is 0 Å². The second kappa shape index (κ2) is 11.4. The van der Waals surface area contributed by atoms with Crippen molar-refractivity contribution in [3.63, 3.8) is 0 Å². The highest BCUT2D eigenvalue weighted by molar-refractivity contribution is 4.77. The van der Waals surface area contributed by atoms with E-state index in [1.165, 1.54) is 44.9 Å². The molecule has 0 saturated carbocycles. The van der Waals surface area contributed by atoms with Crippen molar-refractivity contribution in [2.75, 3.05) is 19.8 Å². The molecule has 1 heterocycles. The summed E-state index contributed by atoms with van der Waals surface area (Å²) in [6.45, 7) is 8.76. The standard InChI is InChI=1S/C18H36O3/c1-4-7-8-9-10-11-12-14-18(20-5-2,21-6-3)15-13-17-16-19-17/h17H,4-16H2,1-3H3. The van der Waals surface area contributed by atoms with Gasteiger partial charge in [0.2, 0.25) is 0 Å². The summed E-state index contributed by atoms with van der Waals surface area (Å²) in [4.78, 5) is 0. The third kappa shape index (κ3) is 8.80. The predicted octanol–water partition coefficient (Wildman–Crippen LogP) is 5.08. The Bertz CT molecular complexity index is 233. The van der Waals surface area contributed by atoms with Gasteiger partial charge in [0.05, 0.1) is 12.7 Å². The highest BCUT2D eigenvalue weighted by Gasteiger charge is 2.34. The lowest BCUT2D eigenvalue weighted by Crippen LogP contribution is -2.36. The van der Waals surface area contributed by atoms with Gasteiger partial charge in [-0.1, -0.05) is 45.4 Å². The van der Waals surface area contributed by atoms with Crippen LogP contribution < -0.4 is 0 Å². The van der Waals surface area contributed by atoms with Gasteiger partial charge in [-0.3, -0.25) is 0 Å². The van der Waals surface area contributed by atoms with Crippen LogP contribution in [0.2, 0.25) is 0 Å². The molecule has 1 atom stereocenters. The van der Waals surface area contributed by atoms with Crippen molar-refractivity contribution >= 4 is 0 Å². The van der Waals surface area contributed by atoms with Crippen LogP contribution in [0.5, 0.6) is 0 Å². The second-order valence-corrected chi connectivity index (χ2v) is 6.14. The van der Waals surface area contributed by atoms with Crippen molar-refractivity contribution in [1.29, 1.82) is 0 Å². The van der Waals surface area contributed by atoms with E-state index in [4.69, 9.17) is 14.2 Å². The minimum atomic E-state index is -0.362. The lowest BCUT2D eigenvalue weighted by atomic mass is 9.99. The molecule has 0 bridgehead atoms. The zero-order chi connectivity index (χ0) is 15.4. The first kappa shape index (κ1) is 18.9. The van der Waals surface area contributed by atoms with E-state index in [-0.39, 0.29) is 5.79 Å². The highest BCUT2D eigenvalue weighted by atomic mass is 16.7. The fourth-order valence-electron chi connectivity index (χ4n) is 2.95. The summed E-state index contributed by atoms with van der Waals surface area (Å²) in [7, 11) is 0. The lowest BCUT2D eigenvalue weighted by Gasteiger charge is -2.33. The molecule has 126 valence electrons. The van der Waals surface area contributed by atoms with Gasteiger partial charge < -0.3 is 14.2 Å². The van der Waals surface area contributed by atoms with Gasteiger partial charge >= 0.3 is 0 Å². The topological polar surface area (TPSA) is 31.0 Å². The Kier molecular flexibility index (Phi) is 10.3. The first-order valence-corrected chi connectivity index (χ1v) is 9.15. The molecule has 0 aromatic heterocycles. The summed E-state index contributed by atoms with van der Waals surface area (Å²) in [6, 6.07) is 0. The molecular weight excluding hydrogens is 264 g/mol. The molecule has 0 radical (unpaired) electrons. The summed E-state index contributed by atoms with van der Waals surface area (Å²) < 4.78 is 17.4. The van der Waals surface area contributed by atoms with Crippen LogP contribution in [0.4, 0.5) is 0 Å². The zero-order valence-corrected chi connectivity index (χ0v) is 14.5. The largest absolute Gasteiger partial charge is 0.373 e. The van der Waals surface area contributed by atoms with Gasteiger partial charge in [0, 0.05) is 26.1 Å². The smallest absolute Gasteiger partial charge is 0.168 e. The predicted molar refractivity (Wildman–Crippen MR) is 87.6 cm³/mol. The Hall–Kier alpha value is -0.120. The molecule has 1 aliphatic heterocycles. The second-order valence-electron chi connectivity index (χ2n) is 6.14. The highest BCUT2D eigenvalue weighted by Crippen LogP contribution is 2.30. The number of ether oxygens (including phenoxy) is 3. The Labute approximate surface area is 131 Å². The molecule has 1 unspecified atom stereocenters. The van der Waals surface area contributed by atoms with Crippen LogP contribution in [-0.4, -0.2) is 31.7 Å². The van der Waals surface area contributed by atoms with E-state index in [0.29, 0.717) is 6.10 Å². The van der Waals surface area contributed by atoms with Crippen molar-refractivity contribution in [3.8, 4) is 0 Å². The van der Waals surface area contributed by atoms with Gasteiger partial charge in [-0.2, -0.15) is 0 Å². The van der Waals surface area contributed by atoms with Crippen molar-refractivity contribution in [2.24, 2.45) is 0 Å².